The minimum atomic E-state index is -0.811. The van der Waals surface area contributed by atoms with Crippen molar-refractivity contribution >= 4 is 17.7 Å². The number of aromatic nitrogens is 1. The number of methoxy groups -OCH3 is 1. The van der Waals surface area contributed by atoms with E-state index < -0.39 is 11.4 Å². The highest BCUT2D eigenvalue weighted by atomic mass is 16.5. The Labute approximate surface area is 140 Å². The maximum atomic E-state index is 12.3. The Balaban J connectivity index is 1.89. The molecule has 1 aliphatic heterocycles. The summed E-state index contributed by atoms with van der Waals surface area (Å²) in [6, 6.07) is 3.06. The molecule has 0 saturated carbocycles. The average Bonchev–Trinajstić information content (AvgIpc) is 2.56. The van der Waals surface area contributed by atoms with Gasteiger partial charge in [-0.25, -0.2) is 9.78 Å². The molecule has 1 aromatic rings. The highest BCUT2D eigenvalue weighted by Gasteiger charge is 2.38. The molecule has 0 aromatic carbocycles. The number of likely N-dealkylation sites (tertiary alicyclic amines) is 1. The number of carbonyl (C=O) groups excluding carboxylic acids is 1. The van der Waals surface area contributed by atoms with Gasteiger partial charge < -0.3 is 24.8 Å². The highest BCUT2D eigenvalue weighted by molar-refractivity contribution is 5.89. The summed E-state index contributed by atoms with van der Waals surface area (Å²) in [6.45, 7) is 3.38. The lowest BCUT2D eigenvalue weighted by atomic mass is 9.80. The number of ether oxygens (including phenoxy) is 2. The second-order valence-corrected chi connectivity index (χ2v) is 6.01. The second-order valence-electron chi connectivity index (χ2n) is 6.01. The Morgan fingerprint density at radius 1 is 1.38 bits per heavy atom. The fraction of sp³-hybridized carbons (Fsp3) is 0.562. The summed E-state index contributed by atoms with van der Waals surface area (Å²) in [7, 11) is 1.58. The van der Waals surface area contributed by atoms with E-state index >= 15 is 0 Å². The van der Waals surface area contributed by atoms with Crippen molar-refractivity contribution in [2.75, 3.05) is 38.7 Å². The third kappa shape index (κ3) is 4.58. The predicted octanol–water partition coefficient (Wildman–Crippen LogP) is 1.83. The van der Waals surface area contributed by atoms with Gasteiger partial charge in [0.05, 0.1) is 12.0 Å². The van der Waals surface area contributed by atoms with Crippen LogP contribution in [0.3, 0.4) is 0 Å². The largest absolute Gasteiger partial charge is 0.481 e. The van der Waals surface area contributed by atoms with Crippen molar-refractivity contribution in [3.63, 3.8) is 0 Å². The van der Waals surface area contributed by atoms with Crippen LogP contribution >= 0.6 is 0 Å². The number of amides is 2. The van der Waals surface area contributed by atoms with Crippen LogP contribution in [0.2, 0.25) is 0 Å². The minimum absolute atomic E-state index is 0.253. The number of nitrogens with one attached hydrogen (secondary N) is 1. The Hall–Kier alpha value is -2.35. The molecule has 2 heterocycles. The first-order chi connectivity index (χ1) is 11.4. The van der Waals surface area contributed by atoms with Crippen molar-refractivity contribution in [1.29, 1.82) is 0 Å². The number of hydrogen-bond acceptors (Lipinski definition) is 5. The number of piperidine rings is 1. The van der Waals surface area contributed by atoms with Crippen molar-refractivity contribution in [2.45, 2.75) is 19.8 Å². The smallest absolute Gasteiger partial charge is 0.321 e. The van der Waals surface area contributed by atoms with Gasteiger partial charge in [-0.2, -0.15) is 0 Å². The van der Waals surface area contributed by atoms with Crippen molar-refractivity contribution in [2.24, 2.45) is 5.41 Å². The molecule has 0 unspecified atom stereocenters. The van der Waals surface area contributed by atoms with Gasteiger partial charge in [0.1, 0.15) is 6.61 Å². The van der Waals surface area contributed by atoms with Gasteiger partial charge in [-0.05, 0) is 25.8 Å². The number of carboxylic acid groups (broad SMARTS) is 1. The van der Waals surface area contributed by atoms with Crippen LogP contribution in [-0.4, -0.2) is 60.4 Å². The lowest BCUT2D eigenvalue weighted by Crippen LogP contribution is -2.46. The van der Waals surface area contributed by atoms with Crippen LogP contribution in [0, 0.1) is 5.41 Å². The molecule has 132 valence electrons. The summed E-state index contributed by atoms with van der Waals surface area (Å²) in [5, 5.41) is 12.0. The van der Waals surface area contributed by atoms with Crippen LogP contribution in [0.4, 0.5) is 10.5 Å². The van der Waals surface area contributed by atoms with Crippen molar-refractivity contribution < 1.29 is 24.2 Å². The fourth-order valence-electron chi connectivity index (χ4n) is 2.42. The lowest BCUT2D eigenvalue weighted by Gasteiger charge is -2.36. The number of rotatable bonds is 6. The molecule has 8 nitrogen and oxygen atoms in total. The molecule has 1 aliphatic rings. The van der Waals surface area contributed by atoms with E-state index in [9.17, 15) is 14.7 Å². The third-order valence-electron chi connectivity index (χ3n) is 4.19. The van der Waals surface area contributed by atoms with E-state index in [1.807, 2.05) is 0 Å². The topological polar surface area (TPSA) is 101 Å². The molecule has 24 heavy (non-hydrogen) atoms. The molecule has 2 rings (SSSR count). The van der Waals surface area contributed by atoms with E-state index in [2.05, 4.69) is 10.3 Å². The maximum absolute atomic E-state index is 12.3. The zero-order valence-corrected chi connectivity index (χ0v) is 13.9. The molecular weight excluding hydrogens is 314 g/mol. The van der Waals surface area contributed by atoms with E-state index in [-0.39, 0.29) is 6.03 Å². The minimum Gasteiger partial charge on any atom is -0.481 e. The summed E-state index contributed by atoms with van der Waals surface area (Å²) in [4.78, 5) is 29.2. The fourth-order valence-corrected chi connectivity index (χ4v) is 2.42. The van der Waals surface area contributed by atoms with Gasteiger partial charge in [-0.1, -0.05) is 0 Å². The Morgan fingerprint density at radius 2 is 2.08 bits per heavy atom. The van der Waals surface area contributed by atoms with Gasteiger partial charge in [0.2, 0.25) is 5.88 Å². The molecule has 0 atom stereocenters. The van der Waals surface area contributed by atoms with Crippen LogP contribution in [0.5, 0.6) is 5.88 Å². The number of hydrogen-bond donors (Lipinski definition) is 2. The SMILES string of the molecule is COCCOc1cc(NC(=O)N2CCC(C)(C(=O)O)CC2)ccn1. The Kier molecular flexibility index (Phi) is 5.97. The molecule has 0 radical (unpaired) electrons. The molecule has 1 aromatic heterocycles. The number of anilines is 1. The van der Waals surface area contributed by atoms with Gasteiger partial charge in [-0.3, -0.25) is 4.79 Å². The molecule has 1 fully saturated rings. The Bertz CT molecular complexity index is 585. The quantitative estimate of drug-likeness (QED) is 0.768. The van der Waals surface area contributed by atoms with Crippen LogP contribution in [0.25, 0.3) is 0 Å². The average molecular weight is 337 g/mol. The first-order valence-corrected chi connectivity index (χ1v) is 7.82. The first-order valence-electron chi connectivity index (χ1n) is 7.82. The third-order valence-corrected chi connectivity index (χ3v) is 4.19. The zero-order valence-electron chi connectivity index (χ0n) is 13.9. The summed E-state index contributed by atoms with van der Waals surface area (Å²) in [6.07, 6.45) is 2.43. The summed E-state index contributed by atoms with van der Waals surface area (Å²) in [5.74, 6) is -0.406. The van der Waals surface area contributed by atoms with Crippen LogP contribution in [0.1, 0.15) is 19.8 Å². The van der Waals surface area contributed by atoms with E-state index in [1.54, 1.807) is 37.3 Å². The molecule has 1 saturated heterocycles. The summed E-state index contributed by atoms with van der Waals surface area (Å²) < 4.78 is 10.3. The number of urea groups is 1. The van der Waals surface area contributed by atoms with Gasteiger partial charge in [0, 0.05) is 38.1 Å². The number of carbonyl (C=O) groups is 2. The molecule has 0 aliphatic carbocycles. The van der Waals surface area contributed by atoms with Crippen molar-refractivity contribution in [3.05, 3.63) is 18.3 Å². The van der Waals surface area contributed by atoms with Gasteiger partial charge >= 0.3 is 12.0 Å². The maximum Gasteiger partial charge on any atom is 0.321 e. The van der Waals surface area contributed by atoms with E-state index in [0.717, 1.165) is 0 Å². The molecular formula is C16H23N3O5. The zero-order chi connectivity index (χ0) is 17.6. The normalized spacial score (nSPS) is 16.5. The number of carboxylic acids is 1. The number of aliphatic carboxylic acids is 1. The molecule has 2 N–H and O–H groups in total. The van der Waals surface area contributed by atoms with Crippen LogP contribution in [0.15, 0.2) is 18.3 Å². The monoisotopic (exact) mass is 337 g/mol. The predicted molar refractivity (Wildman–Crippen MR) is 87.2 cm³/mol. The van der Waals surface area contributed by atoms with E-state index in [1.165, 1.54) is 0 Å². The second kappa shape index (κ2) is 7.96. The van der Waals surface area contributed by atoms with E-state index in [4.69, 9.17) is 9.47 Å². The van der Waals surface area contributed by atoms with Crippen molar-refractivity contribution in [3.8, 4) is 5.88 Å². The Morgan fingerprint density at radius 3 is 2.71 bits per heavy atom. The highest BCUT2D eigenvalue weighted by Crippen LogP contribution is 2.31. The van der Waals surface area contributed by atoms with Gasteiger partial charge in [-0.15, -0.1) is 0 Å². The van der Waals surface area contributed by atoms with Gasteiger partial charge in [0.15, 0.2) is 0 Å². The van der Waals surface area contributed by atoms with Gasteiger partial charge in [0.25, 0.3) is 0 Å². The molecule has 8 heteroatoms. The van der Waals surface area contributed by atoms with Crippen LogP contribution in [-0.2, 0) is 9.53 Å². The van der Waals surface area contributed by atoms with E-state index in [0.29, 0.717) is 50.7 Å². The molecule has 0 spiro atoms. The number of nitrogens with zero attached hydrogens (tertiary/aromatic N) is 2. The first kappa shape index (κ1) is 18.0. The number of pyridine rings is 1. The van der Waals surface area contributed by atoms with Crippen molar-refractivity contribution in [1.82, 2.24) is 9.88 Å². The lowest BCUT2D eigenvalue weighted by molar-refractivity contribution is -0.150. The summed E-state index contributed by atoms with van der Waals surface area (Å²) in [5.41, 5.74) is -0.176. The summed E-state index contributed by atoms with van der Waals surface area (Å²) >= 11 is 0. The molecule has 2 amide bonds. The standard InChI is InChI=1S/C16H23N3O5/c1-16(14(20)21)4-7-19(8-5-16)15(22)18-12-3-6-17-13(11-12)24-10-9-23-2/h3,6,11H,4-5,7-10H2,1-2H3,(H,20,21)(H,17,18,22). The molecule has 0 bridgehead atoms. The van der Waals surface area contributed by atoms with Crippen LogP contribution < -0.4 is 10.1 Å².